The summed E-state index contributed by atoms with van der Waals surface area (Å²) in [5.74, 6) is -1.05. The number of hydrazone groups is 1. The van der Waals surface area contributed by atoms with E-state index in [1.807, 2.05) is 0 Å². The molecule has 0 unspecified atom stereocenters. The molecule has 6 nitrogen and oxygen atoms in total. The molecule has 1 aromatic heterocycles. The molecule has 0 aromatic carbocycles. The van der Waals surface area contributed by atoms with E-state index in [-0.39, 0.29) is 10.0 Å². The first-order valence-electron chi connectivity index (χ1n) is 5.06. The Balaban J connectivity index is 2.16. The second-order valence-corrected chi connectivity index (χ2v) is 4.31. The molecule has 2 heterocycles. The summed E-state index contributed by atoms with van der Waals surface area (Å²) in [6, 6.07) is 0. The highest BCUT2D eigenvalue weighted by Gasteiger charge is 2.61. The van der Waals surface area contributed by atoms with Gasteiger partial charge in [0.25, 0.3) is 11.6 Å². The van der Waals surface area contributed by atoms with Crippen LogP contribution < -0.4 is 0 Å². The van der Waals surface area contributed by atoms with Crippen LogP contribution in [0.3, 0.4) is 0 Å². The summed E-state index contributed by atoms with van der Waals surface area (Å²) in [4.78, 5) is 11.7. The molecular formula is C9H8ClF3N4O2. The van der Waals surface area contributed by atoms with Gasteiger partial charge in [-0.2, -0.15) is 28.4 Å². The van der Waals surface area contributed by atoms with Crippen LogP contribution >= 0.6 is 11.6 Å². The first kappa shape index (κ1) is 13.8. The summed E-state index contributed by atoms with van der Waals surface area (Å²) in [6.45, 7) is -0.511. The van der Waals surface area contributed by atoms with Gasteiger partial charge in [-0.3, -0.25) is 9.48 Å². The van der Waals surface area contributed by atoms with Crippen molar-refractivity contribution in [1.29, 1.82) is 0 Å². The van der Waals surface area contributed by atoms with Crippen LogP contribution in [0.2, 0.25) is 5.02 Å². The second-order valence-electron chi connectivity index (χ2n) is 3.88. The third-order valence-corrected chi connectivity index (χ3v) is 2.71. The Morgan fingerprint density at radius 2 is 2.26 bits per heavy atom. The van der Waals surface area contributed by atoms with E-state index in [0.717, 1.165) is 10.9 Å². The standard InChI is InChI=1S/C9H8ClF3N4O2/c10-6-3-15-16(4-6)5-7(18)17-8(19,1-2-14-17)9(11,12)13/h2-4,19H,1,5H2/t8-/m0/s1. The number of halogens is 4. The molecule has 0 fully saturated rings. The van der Waals surface area contributed by atoms with Crippen LogP contribution in [0.1, 0.15) is 6.42 Å². The van der Waals surface area contributed by atoms with Crippen molar-refractivity contribution in [1.82, 2.24) is 14.8 Å². The predicted molar refractivity (Wildman–Crippen MR) is 58.2 cm³/mol. The first-order valence-corrected chi connectivity index (χ1v) is 5.44. The minimum atomic E-state index is -5.00. The number of aliphatic hydroxyl groups is 1. The highest BCUT2D eigenvalue weighted by atomic mass is 35.5. The van der Waals surface area contributed by atoms with Crippen molar-refractivity contribution < 1.29 is 23.1 Å². The van der Waals surface area contributed by atoms with E-state index >= 15 is 0 Å². The number of nitrogens with zero attached hydrogens (tertiary/aromatic N) is 4. The summed E-state index contributed by atoms with van der Waals surface area (Å²) in [7, 11) is 0. The van der Waals surface area contributed by atoms with Crippen molar-refractivity contribution in [3.63, 3.8) is 0 Å². The summed E-state index contributed by atoms with van der Waals surface area (Å²) >= 11 is 5.56. The van der Waals surface area contributed by atoms with E-state index in [9.17, 15) is 23.1 Å². The summed E-state index contributed by atoms with van der Waals surface area (Å²) in [5.41, 5.74) is -3.30. The van der Waals surface area contributed by atoms with E-state index in [2.05, 4.69) is 10.2 Å². The zero-order valence-electron chi connectivity index (χ0n) is 9.30. The van der Waals surface area contributed by atoms with Gasteiger partial charge in [-0.25, -0.2) is 0 Å². The number of amides is 1. The average molecular weight is 297 g/mol. The van der Waals surface area contributed by atoms with Gasteiger partial charge in [0.15, 0.2) is 0 Å². The van der Waals surface area contributed by atoms with E-state index in [4.69, 9.17) is 11.6 Å². The van der Waals surface area contributed by atoms with Crippen LogP contribution in [-0.4, -0.2) is 43.9 Å². The summed E-state index contributed by atoms with van der Waals surface area (Å²) in [6.07, 6.45) is -2.46. The van der Waals surface area contributed by atoms with Crippen molar-refractivity contribution >= 4 is 23.7 Å². The first-order chi connectivity index (χ1) is 8.74. The van der Waals surface area contributed by atoms with E-state index in [0.29, 0.717) is 0 Å². The third kappa shape index (κ3) is 2.43. The highest BCUT2D eigenvalue weighted by Crippen LogP contribution is 2.38. The molecule has 19 heavy (non-hydrogen) atoms. The second kappa shape index (κ2) is 4.49. The van der Waals surface area contributed by atoms with Gasteiger partial charge in [-0.1, -0.05) is 11.6 Å². The maximum absolute atomic E-state index is 12.7. The van der Waals surface area contributed by atoms with Gasteiger partial charge in [0.05, 0.1) is 11.2 Å². The Bertz CT molecular complexity index is 530. The number of alkyl halides is 3. The Morgan fingerprint density at radius 3 is 2.79 bits per heavy atom. The largest absolute Gasteiger partial charge is 0.438 e. The summed E-state index contributed by atoms with van der Waals surface area (Å²) in [5, 5.41) is 16.7. The minimum absolute atomic E-state index is 0.0165. The number of hydrogen-bond acceptors (Lipinski definition) is 4. The molecule has 1 aliphatic rings. The minimum Gasteiger partial charge on any atom is -0.362 e. The molecular weight excluding hydrogens is 289 g/mol. The van der Waals surface area contributed by atoms with Crippen molar-refractivity contribution in [2.45, 2.75) is 24.9 Å². The molecule has 0 saturated carbocycles. The number of aromatic nitrogens is 2. The van der Waals surface area contributed by atoms with Gasteiger partial charge in [0, 0.05) is 18.8 Å². The zero-order chi connectivity index (χ0) is 14.3. The topological polar surface area (TPSA) is 70.7 Å². The number of rotatable bonds is 2. The molecule has 0 bridgehead atoms. The number of carbonyl (C=O) groups excluding carboxylic acids is 1. The van der Waals surface area contributed by atoms with Crippen molar-refractivity contribution in [3.8, 4) is 0 Å². The van der Waals surface area contributed by atoms with Crippen LogP contribution in [0, 0.1) is 0 Å². The maximum Gasteiger partial charge on any atom is 0.438 e. The molecule has 1 aromatic rings. The Morgan fingerprint density at radius 1 is 1.58 bits per heavy atom. The molecule has 0 radical (unpaired) electrons. The Labute approximate surface area is 110 Å². The van der Waals surface area contributed by atoms with Crippen LogP contribution in [0.5, 0.6) is 0 Å². The fourth-order valence-electron chi connectivity index (χ4n) is 1.57. The van der Waals surface area contributed by atoms with E-state index in [1.54, 1.807) is 0 Å². The Hall–Kier alpha value is -1.61. The molecule has 1 amide bonds. The fraction of sp³-hybridized carbons (Fsp3) is 0.444. The molecule has 1 atom stereocenters. The zero-order valence-corrected chi connectivity index (χ0v) is 10.1. The monoisotopic (exact) mass is 296 g/mol. The van der Waals surface area contributed by atoms with Crippen LogP contribution in [0.4, 0.5) is 13.2 Å². The third-order valence-electron chi connectivity index (χ3n) is 2.51. The highest BCUT2D eigenvalue weighted by molar-refractivity contribution is 6.30. The van der Waals surface area contributed by atoms with Crippen LogP contribution in [0.25, 0.3) is 0 Å². The lowest BCUT2D eigenvalue weighted by Gasteiger charge is -2.32. The Kier molecular flexibility index (Phi) is 3.27. The molecule has 10 heteroatoms. The lowest BCUT2D eigenvalue weighted by Crippen LogP contribution is -2.57. The normalized spacial score (nSPS) is 23.1. The molecule has 0 aliphatic carbocycles. The van der Waals surface area contributed by atoms with Gasteiger partial charge < -0.3 is 5.11 Å². The van der Waals surface area contributed by atoms with Crippen LogP contribution in [0.15, 0.2) is 17.5 Å². The molecule has 0 spiro atoms. The molecule has 1 aliphatic heterocycles. The van der Waals surface area contributed by atoms with Crippen molar-refractivity contribution in [2.24, 2.45) is 5.10 Å². The smallest absolute Gasteiger partial charge is 0.362 e. The fourth-order valence-corrected chi connectivity index (χ4v) is 1.72. The van der Waals surface area contributed by atoms with E-state index < -0.39 is 30.8 Å². The van der Waals surface area contributed by atoms with Gasteiger partial charge in [-0.15, -0.1) is 0 Å². The lowest BCUT2D eigenvalue weighted by molar-refractivity contribution is -0.302. The van der Waals surface area contributed by atoms with Gasteiger partial charge in [0.1, 0.15) is 6.54 Å². The van der Waals surface area contributed by atoms with Crippen LogP contribution in [-0.2, 0) is 11.3 Å². The molecule has 1 N–H and O–H groups in total. The molecule has 2 rings (SSSR count). The number of hydrogen-bond donors (Lipinski definition) is 1. The molecule has 0 saturated heterocycles. The van der Waals surface area contributed by atoms with Crippen molar-refractivity contribution in [2.75, 3.05) is 0 Å². The lowest BCUT2D eigenvalue weighted by atomic mass is 10.1. The molecule has 104 valence electrons. The predicted octanol–water partition coefficient (Wildman–Crippen LogP) is 1.01. The van der Waals surface area contributed by atoms with Gasteiger partial charge in [0.2, 0.25) is 0 Å². The average Bonchev–Trinajstić information content (AvgIpc) is 2.85. The number of carbonyl (C=O) groups is 1. The van der Waals surface area contributed by atoms with E-state index in [1.165, 1.54) is 12.4 Å². The van der Waals surface area contributed by atoms with Crippen molar-refractivity contribution in [3.05, 3.63) is 17.4 Å². The maximum atomic E-state index is 12.7. The summed E-state index contributed by atoms with van der Waals surface area (Å²) < 4.78 is 39.2. The van der Waals surface area contributed by atoms with Gasteiger partial charge in [-0.05, 0) is 0 Å². The van der Waals surface area contributed by atoms with Gasteiger partial charge >= 0.3 is 6.18 Å². The SMILES string of the molecule is O=C(Cn1cc(Cl)cn1)N1N=CC[C@]1(O)C(F)(F)F. The quantitative estimate of drug-likeness (QED) is 0.885.